The Balaban J connectivity index is 2.64. The Morgan fingerprint density at radius 2 is 1.73 bits per heavy atom. The van der Waals surface area contributed by atoms with Crippen molar-refractivity contribution >= 4 is 29.4 Å². The predicted octanol–water partition coefficient (Wildman–Crippen LogP) is 1.49. The van der Waals surface area contributed by atoms with Crippen molar-refractivity contribution < 1.29 is 23.9 Å². The fourth-order valence-corrected chi connectivity index (χ4v) is 1.90. The van der Waals surface area contributed by atoms with Crippen LogP contribution in [-0.2, 0) is 30.3 Å². The van der Waals surface area contributed by atoms with Gasteiger partial charge < -0.3 is 14.8 Å². The Morgan fingerprint density at radius 1 is 1.09 bits per heavy atom. The molecule has 0 aliphatic carbocycles. The van der Waals surface area contributed by atoms with Gasteiger partial charge in [0.25, 0.3) is 0 Å². The number of halogens is 1. The van der Waals surface area contributed by atoms with E-state index in [1.54, 1.807) is 24.3 Å². The van der Waals surface area contributed by atoms with E-state index in [0.717, 1.165) is 5.56 Å². The highest BCUT2D eigenvalue weighted by molar-refractivity contribution is 6.30. The summed E-state index contributed by atoms with van der Waals surface area (Å²) in [6, 6.07) is 6.10. The summed E-state index contributed by atoms with van der Waals surface area (Å²) < 4.78 is 9.14. The van der Waals surface area contributed by atoms with Crippen molar-refractivity contribution in [1.82, 2.24) is 5.32 Å². The van der Waals surface area contributed by atoms with E-state index in [4.69, 9.17) is 11.6 Å². The lowest BCUT2D eigenvalue weighted by atomic mass is 10.1. The first-order valence-corrected chi connectivity index (χ1v) is 7.02. The monoisotopic (exact) mass is 327 g/mol. The Morgan fingerprint density at radius 3 is 2.27 bits per heavy atom. The van der Waals surface area contributed by atoms with E-state index in [0.29, 0.717) is 5.02 Å². The number of ether oxygens (including phenoxy) is 2. The van der Waals surface area contributed by atoms with Crippen LogP contribution in [-0.4, -0.2) is 38.1 Å². The third-order valence-corrected chi connectivity index (χ3v) is 3.21. The van der Waals surface area contributed by atoms with E-state index in [9.17, 15) is 14.4 Å². The van der Waals surface area contributed by atoms with Gasteiger partial charge in [-0.3, -0.25) is 9.59 Å². The quantitative estimate of drug-likeness (QED) is 0.767. The van der Waals surface area contributed by atoms with Crippen molar-refractivity contribution in [3.05, 3.63) is 34.9 Å². The molecule has 7 heteroatoms. The van der Waals surface area contributed by atoms with E-state index < -0.39 is 23.9 Å². The molecular formula is C15H18ClNO5. The average molecular weight is 328 g/mol. The van der Waals surface area contributed by atoms with Gasteiger partial charge in [0.2, 0.25) is 5.91 Å². The average Bonchev–Trinajstić information content (AvgIpc) is 2.53. The Kier molecular flexibility index (Phi) is 7.39. The minimum Gasteiger partial charge on any atom is -0.469 e. The van der Waals surface area contributed by atoms with E-state index in [2.05, 4.69) is 14.8 Å². The number of hydrogen-bond acceptors (Lipinski definition) is 5. The number of esters is 2. The normalized spacial score (nSPS) is 11.4. The summed E-state index contributed by atoms with van der Waals surface area (Å²) in [5.41, 5.74) is 0.827. The van der Waals surface area contributed by atoms with Gasteiger partial charge in [0.1, 0.15) is 6.04 Å². The van der Waals surface area contributed by atoms with Gasteiger partial charge in [-0.05, 0) is 17.7 Å². The summed E-state index contributed by atoms with van der Waals surface area (Å²) in [5, 5.41) is 3.14. The Hall–Kier alpha value is -2.08. The van der Waals surface area contributed by atoms with Crippen LogP contribution in [0.1, 0.15) is 18.4 Å². The van der Waals surface area contributed by atoms with Crippen molar-refractivity contribution in [3.8, 4) is 0 Å². The van der Waals surface area contributed by atoms with E-state index in [1.807, 2.05) is 0 Å². The first-order chi connectivity index (χ1) is 10.5. The molecule has 1 amide bonds. The topological polar surface area (TPSA) is 81.7 Å². The summed E-state index contributed by atoms with van der Waals surface area (Å²) in [6.07, 6.45) is 0.172. The van der Waals surface area contributed by atoms with Crippen LogP contribution in [0.25, 0.3) is 0 Å². The van der Waals surface area contributed by atoms with Crippen molar-refractivity contribution in [3.63, 3.8) is 0 Å². The van der Waals surface area contributed by atoms with Crippen molar-refractivity contribution in [2.45, 2.75) is 25.3 Å². The predicted molar refractivity (Wildman–Crippen MR) is 80.4 cm³/mol. The van der Waals surface area contributed by atoms with Gasteiger partial charge in [-0.1, -0.05) is 23.7 Å². The first kappa shape index (κ1) is 18.0. The molecule has 0 bridgehead atoms. The van der Waals surface area contributed by atoms with Gasteiger partial charge in [-0.15, -0.1) is 0 Å². The van der Waals surface area contributed by atoms with Crippen LogP contribution < -0.4 is 5.32 Å². The molecule has 0 radical (unpaired) electrons. The largest absolute Gasteiger partial charge is 0.469 e. The lowest BCUT2D eigenvalue weighted by molar-refractivity contribution is -0.145. The van der Waals surface area contributed by atoms with Crippen LogP contribution >= 0.6 is 11.6 Å². The van der Waals surface area contributed by atoms with Gasteiger partial charge in [-0.2, -0.15) is 0 Å². The SMILES string of the molecule is COC(=O)CCC(=O)N[C@H](Cc1ccc(Cl)cc1)C(=O)OC. The van der Waals surface area contributed by atoms with Crippen LogP contribution in [0.3, 0.4) is 0 Å². The smallest absolute Gasteiger partial charge is 0.328 e. The first-order valence-electron chi connectivity index (χ1n) is 6.64. The van der Waals surface area contributed by atoms with Gasteiger partial charge in [0.05, 0.1) is 20.6 Å². The highest BCUT2D eigenvalue weighted by atomic mass is 35.5. The molecule has 0 saturated heterocycles. The van der Waals surface area contributed by atoms with Crippen LogP contribution in [0, 0.1) is 0 Å². The van der Waals surface area contributed by atoms with Crippen molar-refractivity contribution in [1.29, 1.82) is 0 Å². The number of amides is 1. The van der Waals surface area contributed by atoms with Crippen molar-refractivity contribution in [2.75, 3.05) is 14.2 Å². The maximum absolute atomic E-state index is 11.8. The third-order valence-electron chi connectivity index (χ3n) is 2.96. The van der Waals surface area contributed by atoms with E-state index >= 15 is 0 Å². The molecule has 1 aromatic rings. The van der Waals surface area contributed by atoms with E-state index in [-0.39, 0.29) is 19.3 Å². The molecule has 0 unspecified atom stereocenters. The van der Waals surface area contributed by atoms with Crippen LogP contribution in [0.2, 0.25) is 5.02 Å². The molecule has 22 heavy (non-hydrogen) atoms. The Labute approximate surface area is 133 Å². The molecule has 0 heterocycles. The molecule has 120 valence electrons. The van der Waals surface area contributed by atoms with Gasteiger partial charge in [0, 0.05) is 17.9 Å². The molecule has 0 aliphatic heterocycles. The molecule has 1 aromatic carbocycles. The molecular weight excluding hydrogens is 310 g/mol. The van der Waals surface area contributed by atoms with Gasteiger partial charge in [0.15, 0.2) is 0 Å². The fourth-order valence-electron chi connectivity index (χ4n) is 1.78. The molecule has 1 rings (SSSR count). The van der Waals surface area contributed by atoms with Gasteiger partial charge >= 0.3 is 11.9 Å². The second-order valence-electron chi connectivity index (χ2n) is 4.55. The van der Waals surface area contributed by atoms with Crippen molar-refractivity contribution in [2.24, 2.45) is 0 Å². The fraction of sp³-hybridized carbons (Fsp3) is 0.400. The highest BCUT2D eigenvalue weighted by Crippen LogP contribution is 2.11. The zero-order chi connectivity index (χ0) is 16.5. The number of hydrogen-bond donors (Lipinski definition) is 1. The number of rotatable bonds is 7. The standard InChI is InChI=1S/C15H18ClNO5/c1-21-14(19)8-7-13(18)17-12(15(20)22-2)9-10-3-5-11(16)6-4-10/h3-6,12H,7-9H2,1-2H3,(H,17,18)/t12-/m1/s1. The molecule has 0 aliphatic rings. The number of carbonyl (C=O) groups excluding carboxylic acids is 3. The second kappa shape index (κ2) is 9.04. The minimum atomic E-state index is -0.823. The molecule has 0 saturated carbocycles. The molecule has 1 atom stereocenters. The maximum atomic E-state index is 11.8. The Bertz CT molecular complexity index is 529. The third kappa shape index (κ3) is 6.13. The lowest BCUT2D eigenvalue weighted by Gasteiger charge is -2.16. The maximum Gasteiger partial charge on any atom is 0.328 e. The second-order valence-corrected chi connectivity index (χ2v) is 4.99. The van der Waals surface area contributed by atoms with E-state index in [1.165, 1.54) is 14.2 Å². The van der Waals surface area contributed by atoms with Crippen LogP contribution in [0.4, 0.5) is 0 Å². The summed E-state index contributed by atoms with van der Waals surface area (Å²) in [5.74, 6) is -1.46. The molecule has 0 spiro atoms. The zero-order valence-electron chi connectivity index (χ0n) is 12.4. The molecule has 1 N–H and O–H groups in total. The van der Waals surface area contributed by atoms with Crippen LogP contribution in [0.5, 0.6) is 0 Å². The summed E-state index contributed by atoms with van der Waals surface area (Å²) in [6.45, 7) is 0. The highest BCUT2D eigenvalue weighted by Gasteiger charge is 2.22. The molecule has 6 nitrogen and oxygen atoms in total. The summed E-state index contributed by atoms with van der Waals surface area (Å²) in [4.78, 5) is 34.6. The number of methoxy groups -OCH3 is 2. The summed E-state index contributed by atoms with van der Waals surface area (Å²) >= 11 is 5.80. The number of carbonyl (C=O) groups is 3. The summed E-state index contributed by atoms with van der Waals surface area (Å²) in [7, 11) is 2.50. The molecule has 0 fully saturated rings. The van der Waals surface area contributed by atoms with Crippen LogP contribution in [0.15, 0.2) is 24.3 Å². The molecule has 0 aromatic heterocycles. The minimum absolute atomic E-state index is 0.0445. The number of nitrogens with one attached hydrogen (secondary N) is 1. The zero-order valence-corrected chi connectivity index (χ0v) is 13.2. The lowest BCUT2D eigenvalue weighted by Crippen LogP contribution is -2.43. The van der Waals surface area contributed by atoms with Gasteiger partial charge in [-0.25, -0.2) is 4.79 Å². The number of benzene rings is 1.